The molecule has 1 atom stereocenters. The van der Waals surface area contributed by atoms with Crippen molar-refractivity contribution in [1.29, 1.82) is 0 Å². The van der Waals surface area contributed by atoms with Crippen LogP contribution < -0.4 is 10.1 Å². The predicted molar refractivity (Wildman–Crippen MR) is 119 cm³/mol. The highest BCUT2D eigenvalue weighted by atomic mass is 16.5. The summed E-state index contributed by atoms with van der Waals surface area (Å²) < 4.78 is 5.37. The quantitative estimate of drug-likeness (QED) is 0.774. The monoisotopic (exact) mass is 423 g/mol. The maximum absolute atomic E-state index is 13.5. The minimum Gasteiger partial charge on any atom is -0.496 e. The molecule has 1 N–H and O–H groups in total. The number of carbonyl (C=O) groups excluding carboxylic acids is 3. The van der Waals surface area contributed by atoms with Gasteiger partial charge in [0.2, 0.25) is 11.8 Å². The molecule has 31 heavy (non-hydrogen) atoms. The molecule has 0 aliphatic carbocycles. The molecule has 1 heterocycles. The number of para-hydroxylation sites is 1. The molecule has 0 saturated carbocycles. The average molecular weight is 424 g/mol. The summed E-state index contributed by atoms with van der Waals surface area (Å²) in [5.41, 5.74) is 3.02. The Hall–Kier alpha value is -3.35. The van der Waals surface area contributed by atoms with E-state index in [9.17, 15) is 14.4 Å². The summed E-state index contributed by atoms with van der Waals surface area (Å²) in [7, 11) is 4.90. The molecule has 1 unspecified atom stereocenters. The van der Waals surface area contributed by atoms with Gasteiger partial charge in [0.25, 0.3) is 5.91 Å². The molecule has 164 valence electrons. The number of nitrogens with zero attached hydrogens (tertiary/aromatic N) is 2. The van der Waals surface area contributed by atoms with E-state index in [1.54, 1.807) is 43.3 Å². The minimum absolute atomic E-state index is 0.0409. The number of anilines is 1. The molecule has 0 bridgehead atoms. The smallest absolute Gasteiger partial charge is 0.258 e. The van der Waals surface area contributed by atoms with Gasteiger partial charge in [-0.1, -0.05) is 25.1 Å². The van der Waals surface area contributed by atoms with Gasteiger partial charge in [-0.25, -0.2) is 0 Å². The number of carbonyl (C=O) groups is 3. The maximum atomic E-state index is 13.5. The number of fused-ring (bicyclic) bond motifs is 1. The summed E-state index contributed by atoms with van der Waals surface area (Å²) in [5, 5.41) is 2.90. The van der Waals surface area contributed by atoms with E-state index in [1.807, 2.05) is 25.1 Å². The molecule has 0 saturated heterocycles. The molecule has 3 rings (SSSR count). The first-order valence-electron chi connectivity index (χ1n) is 10.4. The lowest BCUT2D eigenvalue weighted by Crippen LogP contribution is -2.52. The first-order valence-corrected chi connectivity index (χ1v) is 10.4. The van der Waals surface area contributed by atoms with Gasteiger partial charge in [-0.05, 0) is 41.8 Å². The molecule has 0 radical (unpaired) electrons. The molecule has 1 aliphatic heterocycles. The van der Waals surface area contributed by atoms with Crippen LogP contribution in [0.5, 0.6) is 5.75 Å². The summed E-state index contributed by atoms with van der Waals surface area (Å²) in [6, 6.07) is 12.1. The highest BCUT2D eigenvalue weighted by molar-refractivity contribution is 6.00. The number of rotatable bonds is 6. The Morgan fingerprint density at radius 3 is 2.55 bits per heavy atom. The summed E-state index contributed by atoms with van der Waals surface area (Å²) in [6.45, 7) is 2.23. The summed E-state index contributed by atoms with van der Waals surface area (Å²) >= 11 is 0. The van der Waals surface area contributed by atoms with Crippen molar-refractivity contribution in [3.05, 3.63) is 59.2 Å². The van der Waals surface area contributed by atoms with E-state index >= 15 is 0 Å². The Morgan fingerprint density at radius 2 is 1.87 bits per heavy atom. The van der Waals surface area contributed by atoms with E-state index < -0.39 is 6.04 Å². The predicted octanol–water partition coefficient (Wildman–Crippen LogP) is 3.09. The summed E-state index contributed by atoms with van der Waals surface area (Å²) in [6.07, 6.45) is 1.64. The fourth-order valence-electron chi connectivity index (χ4n) is 3.82. The van der Waals surface area contributed by atoms with Crippen LogP contribution in [0.2, 0.25) is 0 Å². The van der Waals surface area contributed by atoms with Crippen molar-refractivity contribution in [2.45, 2.75) is 38.8 Å². The largest absolute Gasteiger partial charge is 0.496 e. The first kappa shape index (κ1) is 22.3. The van der Waals surface area contributed by atoms with Gasteiger partial charge in [0.05, 0.1) is 12.7 Å². The number of methoxy groups -OCH3 is 1. The summed E-state index contributed by atoms with van der Waals surface area (Å²) in [5.74, 6) is 0.0359. The second-order valence-corrected chi connectivity index (χ2v) is 7.87. The van der Waals surface area contributed by atoms with Crippen LogP contribution in [0, 0.1) is 0 Å². The average Bonchev–Trinajstić information content (AvgIpc) is 2.77. The third-order valence-electron chi connectivity index (χ3n) is 5.42. The number of ether oxygens (including phenoxy) is 1. The van der Waals surface area contributed by atoms with Gasteiger partial charge >= 0.3 is 0 Å². The second-order valence-electron chi connectivity index (χ2n) is 7.87. The van der Waals surface area contributed by atoms with Crippen molar-refractivity contribution in [3.63, 3.8) is 0 Å². The van der Waals surface area contributed by atoms with Crippen molar-refractivity contribution in [2.24, 2.45) is 0 Å². The number of amides is 3. The highest BCUT2D eigenvalue weighted by Gasteiger charge is 2.36. The summed E-state index contributed by atoms with van der Waals surface area (Å²) in [4.78, 5) is 41.5. The van der Waals surface area contributed by atoms with Crippen LogP contribution in [-0.2, 0) is 22.6 Å². The van der Waals surface area contributed by atoms with Crippen molar-refractivity contribution in [3.8, 4) is 5.75 Å². The van der Waals surface area contributed by atoms with E-state index in [4.69, 9.17) is 4.74 Å². The molecular formula is C24H29N3O4. The lowest BCUT2D eigenvalue weighted by Gasteiger charge is -2.37. The van der Waals surface area contributed by atoms with E-state index in [-0.39, 0.29) is 24.3 Å². The van der Waals surface area contributed by atoms with Gasteiger partial charge in [-0.3, -0.25) is 14.4 Å². The van der Waals surface area contributed by atoms with Gasteiger partial charge in [-0.2, -0.15) is 0 Å². The molecule has 7 heteroatoms. The molecule has 1 aliphatic rings. The topological polar surface area (TPSA) is 79.0 Å². The molecule has 0 fully saturated rings. The lowest BCUT2D eigenvalue weighted by atomic mass is 9.92. The molecule has 0 spiro atoms. The standard InChI is InChI=1S/C24H29N3O4/c1-5-8-22(28)25-18-12-11-16-14-20(24(30)26(2)3)27(15-17(16)13-18)23(29)19-9-6-7-10-21(19)31-4/h6-7,9-13,20H,5,8,14-15H2,1-4H3,(H,25,28). The van der Waals surface area contributed by atoms with Crippen LogP contribution in [0.1, 0.15) is 41.3 Å². The number of likely N-dealkylation sites (N-methyl/N-ethyl adjacent to an activating group) is 1. The van der Waals surface area contributed by atoms with Crippen molar-refractivity contribution >= 4 is 23.4 Å². The van der Waals surface area contributed by atoms with Gasteiger partial charge in [0, 0.05) is 39.2 Å². The van der Waals surface area contributed by atoms with Crippen LogP contribution in [0.3, 0.4) is 0 Å². The van der Waals surface area contributed by atoms with Crippen LogP contribution in [0.4, 0.5) is 5.69 Å². The van der Waals surface area contributed by atoms with Crippen molar-refractivity contribution < 1.29 is 19.1 Å². The fourth-order valence-corrected chi connectivity index (χ4v) is 3.82. The molecule has 7 nitrogen and oxygen atoms in total. The number of hydrogen-bond donors (Lipinski definition) is 1. The Balaban J connectivity index is 1.96. The van der Waals surface area contributed by atoms with Crippen molar-refractivity contribution in [2.75, 3.05) is 26.5 Å². The minimum atomic E-state index is -0.611. The van der Waals surface area contributed by atoms with Crippen LogP contribution in [0.15, 0.2) is 42.5 Å². The van der Waals surface area contributed by atoms with Gasteiger partial charge in [-0.15, -0.1) is 0 Å². The van der Waals surface area contributed by atoms with E-state index in [2.05, 4.69) is 5.32 Å². The normalized spacial score (nSPS) is 15.1. The number of nitrogens with one attached hydrogen (secondary N) is 1. The van der Waals surface area contributed by atoms with Crippen molar-refractivity contribution in [1.82, 2.24) is 9.80 Å². The SMILES string of the molecule is CCCC(=O)Nc1ccc2c(c1)CN(C(=O)c1ccccc1OC)C(C(=O)N(C)C)C2. The van der Waals surface area contributed by atoms with Crippen LogP contribution in [-0.4, -0.2) is 54.8 Å². The van der Waals surface area contributed by atoms with Gasteiger partial charge in [0.1, 0.15) is 11.8 Å². The Labute approximate surface area is 183 Å². The molecular weight excluding hydrogens is 394 g/mol. The van der Waals surface area contributed by atoms with E-state index in [1.165, 1.54) is 12.0 Å². The zero-order chi connectivity index (χ0) is 22.5. The van der Waals surface area contributed by atoms with E-state index in [0.29, 0.717) is 29.8 Å². The van der Waals surface area contributed by atoms with Crippen LogP contribution >= 0.6 is 0 Å². The third kappa shape index (κ3) is 4.87. The van der Waals surface area contributed by atoms with E-state index in [0.717, 1.165) is 17.5 Å². The number of hydrogen-bond acceptors (Lipinski definition) is 4. The molecule has 0 aromatic heterocycles. The highest BCUT2D eigenvalue weighted by Crippen LogP contribution is 2.30. The Kier molecular flexibility index (Phi) is 6.95. The third-order valence-corrected chi connectivity index (χ3v) is 5.42. The Bertz CT molecular complexity index is 987. The van der Waals surface area contributed by atoms with Gasteiger partial charge in [0.15, 0.2) is 0 Å². The fraction of sp³-hybridized carbons (Fsp3) is 0.375. The molecule has 2 aromatic carbocycles. The zero-order valence-electron chi connectivity index (χ0n) is 18.5. The zero-order valence-corrected chi connectivity index (χ0v) is 18.5. The lowest BCUT2D eigenvalue weighted by molar-refractivity contribution is -0.134. The van der Waals surface area contributed by atoms with Gasteiger partial charge < -0.3 is 19.9 Å². The molecule has 3 amide bonds. The second kappa shape index (κ2) is 9.64. The molecule has 2 aromatic rings. The Morgan fingerprint density at radius 1 is 1.13 bits per heavy atom. The number of benzene rings is 2. The first-order chi connectivity index (χ1) is 14.8. The maximum Gasteiger partial charge on any atom is 0.258 e. The van der Waals surface area contributed by atoms with Crippen LogP contribution in [0.25, 0.3) is 0 Å².